The van der Waals surface area contributed by atoms with Gasteiger partial charge < -0.3 is 14.2 Å². The predicted molar refractivity (Wildman–Crippen MR) is 86.2 cm³/mol. The fourth-order valence-electron chi connectivity index (χ4n) is 2.30. The smallest absolute Gasteiger partial charge is 0.152 e. The molecule has 0 aromatic carbocycles. The second-order valence-electron chi connectivity index (χ2n) is 5.02. The molecule has 0 unspecified atom stereocenters. The van der Waals surface area contributed by atoms with E-state index < -0.39 is 0 Å². The lowest BCUT2D eigenvalue weighted by Crippen LogP contribution is -2.22. The molecule has 0 atom stereocenters. The highest BCUT2D eigenvalue weighted by molar-refractivity contribution is 7.16. The molecule has 0 radical (unpaired) electrons. The monoisotopic (exact) mass is 318 g/mol. The van der Waals surface area contributed by atoms with Gasteiger partial charge in [0.15, 0.2) is 5.82 Å². The van der Waals surface area contributed by atoms with Crippen LogP contribution in [0, 0.1) is 6.92 Å². The van der Waals surface area contributed by atoms with E-state index in [1.165, 1.54) is 0 Å². The third-order valence-electron chi connectivity index (χ3n) is 3.39. The molecule has 3 aromatic rings. The summed E-state index contributed by atoms with van der Waals surface area (Å²) in [5.74, 6) is 2.59. The summed E-state index contributed by atoms with van der Waals surface area (Å²) in [6, 6.07) is 2.06. The second-order valence-corrected chi connectivity index (χ2v) is 5.92. The van der Waals surface area contributed by atoms with Crippen molar-refractivity contribution in [1.29, 1.82) is 0 Å². The van der Waals surface area contributed by atoms with E-state index in [4.69, 9.17) is 4.74 Å². The average Bonchev–Trinajstić information content (AvgIpc) is 3.13. The largest absolute Gasteiger partial charge is 0.383 e. The van der Waals surface area contributed by atoms with Crippen LogP contribution in [0.1, 0.15) is 11.6 Å². The van der Waals surface area contributed by atoms with Gasteiger partial charge in [0.2, 0.25) is 0 Å². The summed E-state index contributed by atoms with van der Waals surface area (Å²) in [6.45, 7) is 3.92. The summed E-state index contributed by atoms with van der Waals surface area (Å²) in [5, 5.41) is 11.3. The molecule has 116 valence electrons. The Balaban J connectivity index is 1.86. The van der Waals surface area contributed by atoms with E-state index in [9.17, 15) is 0 Å². The van der Waals surface area contributed by atoms with Gasteiger partial charge in [-0.15, -0.1) is 21.5 Å². The Morgan fingerprint density at radius 2 is 2.23 bits per heavy atom. The SMILES string of the molecule is COCCn1cnnc1CN(C)c1nc(C)nc2sccc12. The number of rotatable bonds is 6. The minimum atomic E-state index is 0.630. The molecular formula is C14H18N6OS. The van der Waals surface area contributed by atoms with Crippen molar-refractivity contribution in [3.8, 4) is 0 Å². The maximum absolute atomic E-state index is 5.11. The first-order chi connectivity index (χ1) is 10.7. The van der Waals surface area contributed by atoms with E-state index in [1.807, 2.05) is 23.9 Å². The molecule has 0 saturated carbocycles. The number of hydrogen-bond donors (Lipinski definition) is 0. The highest BCUT2D eigenvalue weighted by Gasteiger charge is 2.14. The predicted octanol–water partition coefficient (Wildman–Crippen LogP) is 1.87. The third kappa shape index (κ3) is 2.93. The molecule has 8 heteroatoms. The van der Waals surface area contributed by atoms with Crippen LogP contribution in [-0.2, 0) is 17.8 Å². The van der Waals surface area contributed by atoms with Crippen molar-refractivity contribution < 1.29 is 4.74 Å². The van der Waals surface area contributed by atoms with Gasteiger partial charge in [0.05, 0.1) is 18.5 Å². The molecule has 0 aliphatic rings. The van der Waals surface area contributed by atoms with E-state index in [0.717, 1.165) is 34.2 Å². The van der Waals surface area contributed by atoms with Gasteiger partial charge in [-0.1, -0.05) is 0 Å². The molecule has 3 rings (SSSR count). The van der Waals surface area contributed by atoms with Gasteiger partial charge in [0.25, 0.3) is 0 Å². The third-order valence-corrected chi connectivity index (χ3v) is 4.20. The zero-order valence-electron chi connectivity index (χ0n) is 12.9. The van der Waals surface area contributed by atoms with Crippen LogP contribution in [0.3, 0.4) is 0 Å². The lowest BCUT2D eigenvalue weighted by molar-refractivity contribution is 0.186. The first-order valence-corrected chi connectivity index (χ1v) is 7.85. The molecular weight excluding hydrogens is 300 g/mol. The fourth-order valence-corrected chi connectivity index (χ4v) is 3.10. The van der Waals surface area contributed by atoms with Gasteiger partial charge >= 0.3 is 0 Å². The summed E-state index contributed by atoms with van der Waals surface area (Å²) in [6.07, 6.45) is 1.73. The number of methoxy groups -OCH3 is 1. The number of hydrogen-bond acceptors (Lipinski definition) is 7. The number of nitrogens with zero attached hydrogens (tertiary/aromatic N) is 6. The Hall–Kier alpha value is -2.06. The minimum absolute atomic E-state index is 0.630. The normalized spacial score (nSPS) is 11.2. The van der Waals surface area contributed by atoms with Gasteiger partial charge in [-0.2, -0.15) is 0 Å². The number of anilines is 1. The van der Waals surface area contributed by atoms with Crippen LogP contribution in [0.5, 0.6) is 0 Å². The van der Waals surface area contributed by atoms with Crippen LogP contribution >= 0.6 is 11.3 Å². The van der Waals surface area contributed by atoms with Crippen LogP contribution in [0.25, 0.3) is 10.2 Å². The van der Waals surface area contributed by atoms with Crippen molar-refractivity contribution in [3.05, 3.63) is 29.4 Å². The van der Waals surface area contributed by atoms with Crippen molar-refractivity contribution in [2.45, 2.75) is 20.0 Å². The van der Waals surface area contributed by atoms with Gasteiger partial charge in [-0.3, -0.25) is 0 Å². The fraction of sp³-hybridized carbons (Fsp3) is 0.429. The number of ether oxygens (including phenoxy) is 1. The maximum atomic E-state index is 5.11. The first-order valence-electron chi connectivity index (χ1n) is 6.97. The number of fused-ring (bicyclic) bond motifs is 1. The van der Waals surface area contributed by atoms with Crippen molar-refractivity contribution in [1.82, 2.24) is 24.7 Å². The van der Waals surface area contributed by atoms with Gasteiger partial charge in [0, 0.05) is 20.7 Å². The molecule has 0 amide bonds. The Morgan fingerprint density at radius 1 is 1.36 bits per heavy atom. The maximum Gasteiger partial charge on any atom is 0.152 e. The van der Waals surface area contributed by atoms with Crippen LogP contribution in [-0.4, -0.2) is 45.5 Å². The molecule has 0 bridgehead atoms. The van der Waals surface area contributed by atoms with E-state index in [0.29, 0.717) is 13.2 Å². The summed E-state index contributed by atoms with van der Waals surface area (Å²) >= 11 is 1.63. The first kappa shape index (κ1) is 14.9. The van der Waals surface area contributed by atoms with E-state index in [2.05, 4.69) is 31.1 Å². The lowest BCUT2D eigenvalue weighted by Gasteiger charge is -2.19. The van der Waals surface area contributed by atoms with Gasteiger partial charge in [-0.25, -0.2) is 9.97 Å². The summed E-state index contributed by atoms with van der Waals surface area (Å²) < 4.78 is 7.11. The zero-order valence-corrected chi connectivity index (χ0v) is 13.7. The molecule has 3 heterocycles. The summed E-state index contributed by atoms with van der Waals surface area (Å²) in [5.41, 5.74) is 0. The molecule has 7 nitrogen and oxygen atoms in total. The summed E-state index contributed by atoms with van der Waals surface area (Å²) in [4.78, 5) is 12.1. The standard InChI is InChI=1S/C14H18N6OS/c1-10-16-13(11-4-7-22-14(11)17-10)19(2)8-12-18-15-9-20(12)5-6-21-3/h4,7,9H,5-6,8H2,1-3H3. The van der Waals surface area contributed by atoms with E-state index in [-0.39, 0.29) is 0 Å². The summed E-state index contributed by atoms with van der Waals surface area (Å²) in [7, 11) is 3.70. The Kier molecular flexibility index (Phi) is 4.30. The number of thiophene rings is 1. The molecule has 0 saturated heterocycles. The quantitative estimate of drug-likeness (QED) is 0.691. The molecule has 3 aromatic heterocycles. The Labute approximate surface area is 132 Å². The molecule has 0 aliphatic heterocycles. The Morgan fingerprint density at radius 3 is 3.05 bits per heavy atom. The number of aromatic nitrogens is 5. The average molecular weight is 318 g/mol. The highest BCUT2D eigenvalue weighted by Crippen LogP contribution is 2.27. The molecule has 0 N–H and O–H groups in total. The minimum Gasteiger partial charge on any atom is -0.383 e. The zero-order chi connectivity index (χ0) is 15.5. The van der Waals surface area contributed by atoms with Crippen LogP contribution in [0.4, 0.5) is 5.82 Å². The topological polar surface area (TPSA) is 69.0 Å². The van der Waals surface area contributed by atoms with Gasteiger partial charge in [-0.05, 0) is 18.4 Å². The second kappa shape index (κ2) is 6.37. The van der Waals surface area contributed by atoms with Crippen molar-refractivity contribution in [3.63, 3.8) is 0 Å². The molecule has 0 aliphatic carbocycles. The van der Waals surface area contributed by atoms with Crippen molar-refractivity contribution in [2.75, 3.05) is 25.7 Å². The Bertz CT molecular complexity index is 768. The van der Waals surface area contributed by atoms with E-state index in [1.54, 1.807) is 24.8 Å². The van der Waals surface area contributed by atoms with Crippen molar-refractivity contribution >= 4 is 27.4 Å². The van der Waals surface area contributed by atoms with Gasteiger partial charge in [0.1, 0.15) is 22.8 Å². The van der Waals surface area contributed by atoms with Crippen LogP contribution < -0.4 is 4.90 Å². The van der Waals surface area contributed by atoms with Crippen molar-refractivity contribution in [2.24, 2.45) is 0 Å². The van der Waals surface area contributed by atoms with Crippen LogP contribution in [0.2, 0.25) is 0 Å². The lowest BCUT2D eigenvalue weighted by atomic mass is 10.3. The highest BCUT2D eigenvalue weighted by atomic mass is 32.1. The molecule has 0 spiro atoms. The van der Waals surface area contributed by atoms with E-state index >= 15 is 0 Å². The number of aryl methyl sites for hydroxylation is 1. The molecule has 0 fully saturated rings. The molecule has 22 heavy (non-hydrogen) atoms. The van der Waals surface area contributed by atoms with Crippen LogP contribution in [0.15, 0.2) is 17.8 Å².